The molecule has 276 valence electrons. The fourth-order valence-electron chi connectivity index (χ4n) is 9.14. The average molecular weight is 769 g/mol. The standard InChI is InChI=1S/C56H36N2S/c1-2-14-43(15-3-1)58-53-35-41(26-32-48(53)51-34-25-40-12-5-7-17-47(40)56(51)58)37-21-28-44(29-22-37)57(52-19-10-13-39-11-4-6-16-46(39)52)45-30-23-38(24-31-45)42-27-33-50-49-18-8-9-20-54(49)59-55(50)36-42/h1-36H. The molecule has 0 atom stereocenters. The van der Waals surface area contributed by atoms with Crippen LogP contribution in [0.3, 0.4) is 0 Å². The van der Waals surface area contributed by atoms with Gasteiger partial charge in [0.25, 0.3) is 0 Å². The molecule has 0 saturated carbocycles. The summed E-state index contributed by atoms with van der Waals surface area (Å²) in [5.41, 5.74) is 11.8. The van der Waals surface area contributed by atoms with Gasteiger partial charge in [-0.1, -0.05) is 158 Å². The Morgan fingerprint density at radius 2 is 0.881 bits per heavy atom. The number of thiophene rings is 1. The average Bonchev–Trinajstić information content (AvgIpc) is 3.85. The maximum atomic E-state index is 2.44. The first-order valence-electron chi connectivity index (χ1n) is 20.2. The van der Waals surface area contributed by atoms with Crippen LogP contribution in [0.4, 0.5) is 17.1 Å². The highest BCUT2D eigenvalue weighted by molar-refractivity contribution is 7.25. The first-order valence-corrected chi connectivity index (χ1v) is 21.0. The van der Waals surface area contributed by atoms with Gasteiger partial charge in [-0.2, -0.15) is 0 Å². The Morgan fingerprint density at radius 3 is 1.63 bits per heavy atom. The van der Waals surface area contributed by atoms with E-state index in [0.29, 0.717) is 0 Å². The number of hydrogen-bond donors (Lipinski definition) is 0. The molecule has 0 bridgehead atoms. The van der Waals surface area contributed by atoms with Crippen molar-refractivity contribution in [2.45, 2.75) is 0 Å². The lowest BCUT2D eigenvalue weighted by atomic mass is 10.0. The second-order valence-electron chi connectivity index (χ2n) is 15.3. The third-order valence-electron chi connectivity index (χ3n) is 12.0. The summed E-state index contributed by atoms with van der Waals surface area (Å²) < 4.78 is 5.09. The summed E-state index contributed by atoms with van der Waals surface area (Å²) in [6.07, 6.45) is 0. The van der Waals surface area contributed by atoms with Crippen molar-refractivity contribution in [3.63, 3.8) is 0 Å². The Bertz CT molecular complexity index is 3540. The van der Waals surface area contributed by atoms with Crippen molar-refractivity contribution in [1.82, 2.24) is 4.57 Å². The van der Waals surface area contributed by atoms with E-state index < -0.39 is 0 Å². The molecule has 0 unspecified atom stereocenters. The second-order valence-corrected chi connectivity index (χ2v) is 16.4. The first kappa shape index (κ1) is 33.7. The molecule has 0 aliphatic heterocycles. The fraction of sp³-hybridized carbons (Fsp3) is 0. The van der Waals surface area contributed by atoms with E-state index in [2.05, 4.69) is 228 Å². The van der Waals surface area contributed by atoms with E-state index >= 15 is 0 Å². The number of benzene rings is 10. The van der Waals surface area contributed by atoms with E-state index in [0.717, 1.165) is 22.7 Å². The van der Waals surface area contributed by atoms with Crippen molar-refractivity contribution < 1.29 is 0 Å². The SMILES string of the molecule is c1ccc(-n2c3cc(-c4ccc(N(c5ccc(-c6ccc7c(c6)sc6ccccc67)cc5)c5cccc6ccccc56)cc4)ccc3c3ccc4ccccc4c32)cc1. The number of para-hydroxylation sites is 1. The maximum Gasteiger partial charge on any atom is 0.0619 e. The van der Waals surface area contributed by atoms with Gasteiger partial charge in [0, 0.05) is 58.8 Å². The highest BCUT2D eigenvalue weighted by atomic mass is 32.1. The zero-order valence-corrected chi connectivity index (χ0v) is 32.9. The van der Waals surface area contributed by atoms with Gasteiger partial charge in [-0.25, -0.2) is 0 Å². The number of anilines is 3. The smallest absolute Gasteiger partial charge is 0.0619 e. The quantitative estimate of drug-likeness (QED) is 0.164. The number of nitrogens with zero attached hydrogens (tertiary/aromatic N) is 2. The summed E-state index contributed by atoms with van der Waals surface area (Å²) in [5.74, 6) is 0. The minimum Gasteiger partial charge on any atom is -0.310 e. The van der Waals surface area contributed by atoms with E-state index in [1.54, 1.807) is 0 Å². The predicted octanol–water partition coefficient (Wildman–Crippen LogP) is 16.3. The predicted molar refractivity (Wildman–Crippen MR) is 254 cm³/mol. The van der Waals surface area contributed by atoms with E-state index in [4.69, 9.17) is 0 Å². The lowest BCUT2D eigenvalue weighted by Crippen LogP contribution is -2.10. The van der Waals surface area contributed by atoms with Crippen LogP contribution in [-0.2, 0) is 0 Å². The van der Waals surface area contributed by atoms with E-state index in [1.165, 1.54) is 85.8 Å². The van der Waals surface area contributed by atoms with Crippen LogP contribution in [0.5, 0.6) is 0 Å². The summed E-state index contributed by atoms with van der Waals surface area (Å²) >= 11 is 1.87. The van der Waals surface area contributed by atoms with Gasteiger partial charge in [0.15, 0.2) is 0 Å². The summed E-state index contributed by atoms with van der Waals surface area (Å²) in [7, 11) is 0. The van der Waals surface area contributed by atoms with Crippen LogP contribution in [0, 0.1) is 0 Å². The Hall–Kier alpha value is -7.46. The summed E-state index contributed by atoms with van der Waals surface area (Å²) in [6, 6.07) is 79.9. The monoisotopic (exact) mass is 768 g/mol. The summed E-state index contributed by atoms with van der Waals surface area (Å²) in [4.78, 5) is 2.40. The van der Waals surface area contributed by atoms with Crippen LogP contribution in [0.1, 0.15) is 0 Å². The normalized spacial score (nSPS) is 11.7. The highest BCUT2D eigenvalue weighted by Gasteiger charge is 2.18. The number of aromatic nitrogens is 1. The molecule has 0 aliphatic carbocycles. The van der Waals surface area contributed by atoms with Gasteiger partial charge in [0.2, 0.25) is 0 Å². The second kappa shape index (κ2) is 13.6. The molecule has 12 rings (SSSR count). The van der Waals surface area contributed by atoms with Gasteiger partial charge in [-0.15, -0.1) is 11.3 Å². The van der Waals surface area contributed by atoms with Gasteiger partial charge in [0.1, 0.15) is 0 Å². The molecule has 10 aromatic carbocycles. The van der Waals surface area contributed by atoms with E-state index in [-0.39, 0.29) is 0 Å². The molecule has 0 fully saturated rings. The van der Waals surface area contributed by atoms with Gasteiger partial charge in [0.05, 0.1) is 16.7 Å². The molecule has 2 nitrogen and oxygen atoms in total. The van der Waals surface area contributed by atoms with E-state index in [1.807, 2.05) is 11.3 Å². The van der Waals surface area contributed by atoms with Crippen molar-refractivity contribution in [3.8, 4) is 27.9 Å². The van der Waals surface area contributed by atoms with Crippen molar-refractivity contribution >= 4 is 91.9 Å². The summed E-state index contributed by atoms with van der Waals surface area (Å²) in [5, 5.41) is 10.1. The molecule has 3 heteroatoms. The Balaban J connectivity index is 0.961. The zero-order chi connectivity index (χ0) is 38.9. The molecular formula is C56H36N2S. The minimum atomic E-state index is 1.11. The maximum absolute atomic E-state index is 2.44. The molecule has 0 spiro atoms. The minimum absolute atomic E-state index is 1.11. The molecule has 0 N–H and O–H groups in total. The Morgan fingerprint density at radius 1 is 0.339 bits per heavy atom. The van der Waals surface area contributed by atoms with Crippen molar-refractivity contribution in [1.29, 1.82) is 0 Å². The summed E-state index contributed by atoms with van der Waals surface area (Å²) in [6.45, 7) is 0. The van der Waals surface area contributed by atoms with Gasteiger partial charge < -0.3 is 9.47 Å². The van der Waals surface area contributed by atoms with Crippen LogP contribution in [0.2, 0.25) is 0 Å². The van der Waals surface area contributed by atoms with E-state index in [9.17, 15) is 0 Å². The third-order valence-corrected chi connectivity index (χ3v) is 13.1. The molecule has 0 aliphatic rings. The van der Waals surface area contributed by atoms with Gasteiger partial charge >= 0.3 is 0 Å². The number of rotatable bonds is 6. The third kappa shape index (κ3) is 5.55. The van der Waals surface area contributed by atoms with Crippen molar-refractivity contribution in [2.24, 2.45) is 0 Å². The van der Waals surface area contributed by atoms with Gasteiger partial charge in [-0.05, 0) is 93.7 Å². The first-order chi connectivity index (χ1) is 29.2. The van der Waals surface area contributed by atoms with Gasteiger partial charge in [-0.3, -0.25) is 0 Å². The number of fused-ring (bicyclic) bond motifs is 9. The molecule has 12 aromatic rings. The highest BCUT2D eigenvalue weighted by Crippen LogP contribution is 2.43. The van der Waals surface area contributed by atoms with Crippen LogP contribution in [0.15, 0.2) is 218 Å². The topological polar surface area (TPSA) is 8.17 Å². The van der Waals surface area contributed by atoms with Crippen molar-refractivity contribution in [2.75, 3.05) is 4.90 Å². The van der Waals surface area contributed by atoms with Crippen molar-refractivity contribution in [3.05, 3.63) is 218 Å². The number of hydrogen-bond acceptors (Lipinski definition) is 2. The molecule has 2 heterocycles. The van der Waals surface area contributed by atoms with Crippen LogP contribution >= 0.6 is 11.3 Å². The zero-order valence-electron chi connectivity index (χ0n) is 32.1. The van der Waals surface area contributed by atoms with Crippen LogP contribution < -0.4 is 4.90 Å². The Kier molecular flexibility index (Phi) is 7.75. The van der Waals surface area contributed by atoms with Crippen LogP contribution in [0.25, 0.3) is 91.5 Å². The Labute approximate surface area is 346 Å². The lowest BCUT2D eigenvalue weighted by molar-refractivity contribution is 1.19. The largest absolute Gasteiger partial charge is 0.310 e. The molecule has 0 amide bonds. The molecule has 59 heavy (non-hydrogen) atoms. The van der Waals surface area contributed by atoms with Crippen LogP contribution in [-0.4, -0.2) is 4.57 Å². The fourth-order valence-corrected chi connectivity index (χ4v) is 10.3. The molecule has 2 aromatic heterocycles. The molecule has 0 radical (unpaired) electrons. The lowest BCUT2D eigenvalue weighted by Gasteiger charge is -2.27. The molecular weight excluding hydrogens is 733 g/mol. The molecule has 0 saturated heterocycles.